The van der Waals surface area contributed by atoms with Gasteiger partial charge in [-0.15, -0.1) is 0 Å². The highest BCUT2D eigenvalue weighted by Gasteiger charge is 2.51. The smallest absolute Gasteiger partial charge is 0.220 e. The maximum absolute atomic E-state index is 13.2. The Morgan fingerprint density at radius 2 is 0.877 bits per heavy atom. The van der Waals surface area contributed by atoms with Gasteiger partial charge >= 0.3 is 0 Å². The van der Waals surface area contributed by atoms with Crippen molar-refractivity contribution in [2.75, 3.05) is 19.8 Å². The molecule has 12 unspecified atom stereocenters. The highest BCUT2D eigenvalue weighted by atomic mass is 16.7. The maximum Gasteiger partial charge on any atom is 0.220 e. The third-order valence-electron chi connectivity index (χ3n) is 14.6. The minimum absolute atomic E-state index is 0.250. The Kier molecular flexibility index (Phi) is 41.7. The second kappa shape index (κ2) is 45.3. The van der Waals surface area contributed by atoms with Crippen molar-refractivity contribution >= 4 is 5.91 Å². The van der Waals surface area contributed by atoms with Crippen LogP contribution in [0.25, 0.3) is 0 Å². The molecule has 2 saturated heterocycles. The Morgan fingerprint density at radius 3 is 1.34 bits per heavy atom. The Morgan fingerprint density at radius 1 is 0.479 bits per heavy atom. The summed E-state index contributed by atoms with van der Waals surface area (Å²) >= 11 is 0. The van der Waals surface area contributed by atoms with E-state index in [2.05, 4.69) is 43.5 Å². The summed E-state index contributed by atoms with van der Waals surface area (Å²) in [6.45, 7) is 2.77. The van der Waals surface area contributed by atoms with E-state index in [9.17, 15) is 45.6 Å². The van der Waals surface area contributed by atoms with Crippen molar-refractivity contribution < 1.29 is 64.6 Å². The molecule has 0 radical (unpaired) electrons. The molecule has 9 N–H and O–H groups in total. The molecule has 0 aromatic heterocycles. The summed E-state index contributed by atoms with van der Waals surface area (Å²) in [5.41, 5.74) is 0. The van der Waals surface area contributed by atoms with Crippen LogP contribution in [0.3, 0.4) is 0 Å². The number of hydrogen-bond acceptors (Lipinski definition) is 13. The molecule has 2 heterocycles. The van der Waals surface area contributed by atoms with E-state index in [-0.39, 0.29) is 18.9 Å². The first-order chi connectivity index (χ1) is 35.6. The zero-order valence-corrected chi connectivity index (χ0v) is 45.9. The van der Waals surface area contributed by atoms with Gasteiger partial charge in [0.15, 0.2) is 12.6 Å². The van der Waals surface area contributed by atoms with E-state index in [1.807, 2.05) is 6.08 Å². The lowest BCUT2D eigenvalue weighted by Crippen LogP contribution is -2.65. The molecule has 73 heavy (non-hydrogen) atoms. The maximum atomic E-state index is 13.2. The lowest BCUT2D eigenvalue weighted by molar-refractivity contribution is -0.359. The van der Waals surface area contributed by atoms with Crippen LogP contribution >= 0.6 is 0 Å². The van der Waals surface area contributed by atoms with Crippen molar-refractivity contribution in [1.29, 1.82) is 0 Å². The Hall–Kier alpha value is -1.79. The Labute approximate surface area is 442 Å². The van der Waals surface area contributed by atoms with Gasteiger partial charge in [0.2, 0.25) is 5.91 Å². The highest BCUT2D eigenvalue weighted by Crippen LogP contribution is 2.30. The number of allylic oxidation sites excluding steroid dienone is 5. The van der Waals surface area contributed by atoms with Crippen molar-refractivity contribution in [2.24, 2.45) is 0 Å². The number of carbonyl (C=O) groups is 1. The lowest BCUT2D eigenvalue weighted by Gasteiger charge is -2.46. The van der Waals surface area contributed by atoms with Crippen LogP contribution in [0.2, 0.25) is 0 Å². The number of aliphatic hydroxyl groups is 8. The van der Waals surface area contributed by atoms with Crippen LogP contribution in [0, 0.1) is 0 Å². The van der Waals surface area contributed by atoms with Gasteiger partial charge in [-0.3, -0.25) is 4.79 Å². The molecule has 0 bridgehead atoms. The minimum atomic E-state index is -1.79. The Balaban J connectivity index is 1.75. The first-order valence-corrected chi connectivity index (χ1v) is 29.7. The number of carbonyl (C=O) groups excluding carboxylic acids is 1. The van der Waals surface area contributed by atoms with Crippen LogP contribution in [0.15, 0.2) is 36.5 Å². The van der Waals surface area contributed by atoms with E-state index in [4.69, 9.17) is 18.9 Å². The summed E-state index contributed by atoms with van der Waals surface area (Å²) in [4.78, 5) is 13.2. The summed E-state index contributed by atoms with van der Waals surface area (Å²) < 4.78 is 22.7. The van der Waals surface area contributed by atoms with Gasteiger partial charge in [0.05, 0.1) is 32.0 Å². The van der Waals surface area contributed by atoms with Gasteiger partial charge < -0.3 is 65.1 Å². The summed E-state index contributed by atoms with van der Waals surface area (Å²) in [6.07, 6.45) is 37.6. The SMILES string of the molecule is CCCCCCC/C=C/CC/C=C/CC/C=C/C(O)C(COC1OC(CO)C(OC2OC(CO)C(O)C(O)C2O)C(O)C1O)NC(=O)CCCCCCCCCCCCCCCCCCCCCCCCCC. The number of unbranched alkanes of at least 4 members (excludes halogenated alkanes) is 30. The molecule has 0 saturated carbocycles. The zero-order chi connectivity index (χ0) is 53.2. The average molecular weight is 1040 g/mol. The monoisotopic (exact) mass is 1040 g/mol. The van der Waals surface area contributed by atoms with Crippen molar-refractivity contribution in [3.63, 3.8) is 0 Å². The summed E-state index contributed by atoms with van der Waals surface area (Å²) in [7, 11) is 0. The first kappa shape index (κ1) is 67.3. The highest BCUT2D eigenvalue weighted by molar-refractivity contribution is 5.76. The first-order valence-electron chi connectivity index (χ1n) is 29.7. The molecule has 0 aromatic rings. The summed E-state index contributed by atoms with van der Waals surface area (Å²) in [6, 6.07) is -0.935. The van der Waals surface area contributed by atoms with Gasteiger partial charge in [0, 0.05) is 6.42 Å². The summed E-state index contributed by atoms with van der Waals surface area (Å²) in [5, 5.41) is 87.0. The molecular weight excluding hydrogens is 931 g/mol. The molecular formula is C59H109NO13. The van der Waals surface area contributed by atoms with Gasteiger partial charge in [-0.1, -0.05) is 224 Å². The van der Waals surface area contributed by atoms with Gasteiger partial charge in [0.25, 0.3) is 0 Å². The quantitative estimate of drug-likeness (QED) is 0.0205. The van der Waals surface area contributed by atoms with Crippen LogP contribution in [0.5, 0.6) is 0 Å². The second-order valence-electron chi connectivity index (χ2n) is 21.1. The number of rotatable bonds is 47. The number of ether oxygens (including phenoxy) is 4. The molecule has 2 aliphatic heterocycles. The predicted molar refractivity (Wildman–Crippen MR) is 291 cm³/mol. The van der Waals surface area contributed by atoms with Gasteiger partial charge in [0.1, 0.15) is 48.8 Å². The van der Waals surface area contributed by atoms with Crippen LogP contribution in [0.4, 0.5) is 0 Å². The fourth-order valence-corrected chi connectivity index (χ4v) is 9.74. The molecule has 2 rings (SSSR count). The van der Waals surface area contributed by atoms with Crippen LogP contribution in [0.1, 0.15) is 239 Å². The van der Waals surface area contributed by atoms with Crippen molar-refractivity contribution in [3.05, 3.63) is 36.5 Å². The molecule has 0 spiro atoms. The number of amides is 1. The molecule has 2 fully saturated rings. The van der Waals surface area contributed by atoms with E-state index < -0.39 is 86.8 Å². The van der Waals surface area contributed by atoms with E-state index in [1.54, 1.807) is 6.08 Å². The molecule has 0 aliphatic carbocycles. The van der Waals surface area contributed by atoms with Crippen LogP contribution < -0.4 is 5.32 Å². The molecule has 14 nitrogen and oxygen atoms in total. The largest absolute Gasteiger partial charge is 0.394 e. The third-order valence-corrected chi connectivity index (χ3v) is 14.6. The fourth-order valence-electron chi connectivity index (χ4n) is 9.74. The van der Waals surface area contributed by atoms with Crippen molar-refractivity contribution in [2.45, 2.75) is 312 Å². The standard InChI is InChI=1S/C59H109NO13/c1-3-5-7-9-11-13-15-17-19-20-21-22-23-24-25-26-27-29-31-33-35-37-39-41-43-51(64)60-47(48(63)42-40-38-36-34-32-30-28-18-16-14-12-10-8-6-4-2)46-70-58-56(69)54(67)57(50(45-62)72-58)73-59-55(68)53(66)52(65)49(44-61)71-59/h16,18,32,34,40,42,47-50,52-59,61-63,65-69H,3-15,17,19-31,33,35-39,41,43-46H2,1-2H3,(H,60,64)/b18-16+,34-32+,42-40+. The van der Waals surface area contributed by atoms with E-state index >= 15 is 0 Å². The van der Waals surface area contributed by atoms with Crippen LogP contribution in [-0.2, 0) is 23.7 Å². The normalized spacial score (nSPS) is 25.6. The average Bonchev–Trinajstić information content (AvgIpc) is 3.39. The van der Waals surface area contributed by atoms with E-state index in [0.29, 0.717) is 12.8 Å². The zero-order valence-electron chi connectivity index (χ0n) is 45.9. The fraction of sp³-hybridized carbons (Fsp3) is 0.881. The topological polar surface area (TPSA) is 228 Å². The number of hydrogen-bond donors (Lipinski definition) is 9. The summed E-state index contributed by atoms with van der Waals surface area (Å²) in [5.74, 6) is -0.250. The van der Waals surface area contributed by atoms with Crippen molar-refractivity contribution in [1.82, 2.24) is 5.32 Å². The molecule has 0 aromatic carbocycles. The van der Waals surface area contributed by atoms with Crippen molar-refractivity contribution in [3.8, 4) is 0 Å². The third kappa shape index (κ3) is 31.3. The minimum Gasteiger partial charge on any atom is -0.394 e. The molecule has 428 valence electrons. The predicted octanol–water partition coefficient (Wildman–Crippen LogP) is 9.83. The molecule has 2 aliphatic rings. The number of aliphatic hydroxyl groups excluding tert-OH is 8. The second-order valence-corrected chi connectivity index (χ2v) is 21.1. The lowest BCUT2D eigenvalue weighted by atomic mass is 9.97. The van der Waals surface area contributed by atoms with E-state index in [1.165, 1.54) is 161 Å². The molecule has 1 amide bonds. The molecule has 12 atom stereocenters. The molecule has 14 heteroatoms. The Bertz CT molecular complexity index is 1370. The van der Waals surface area contributed by atoms with Gasteiger partial charge in [-0.2, -0.15) is 0 Å². The van der Waals surface area contributed by atoms with E-state index in [0.717, 1.165) is 44.9 Å². The van der Waals surface area contributed by atoms with Gasteiger partial charge in [-0.25, -0.2) is 0 Å². The van der Waals surface area contributed by atoms with Gasteiger partial charge in [-0.05, 0) is 44.9 Å². The number of nitrogens with one attached hydrogen (secondary N) is 1. The van der Waals surface area contributed by atoms with Crippen LogP contribution in [-0.4, -0.2) is 140 Å².